The van der Waals surface area contributed by atoms with Gasteiger partial charge in [-0.2, -0.15) is 13.2 Å². The molecule has 1 aromatic rings. The Bertz CT molecular complexity index is 565. The molecule has 0 N–H and O–H groups in total. The van der Waals surface area contributed by atoms with Crippen LogP contribution in [0.4, 0.5) is 13.2 Å². The lowest BCUT2D eigenvalue weighted by atomic mass is 10.1. The lowest BCUT2D eigenvalue weighted by Crippen LogP contribution is -2.49. The number of carbonyl (C=O) groups is 1. The van der Waals surface area contributed by atoms with Crippen molar-refractivity contribution in [3.8, 4) is 0 Å². The van der Waals surface area contributed by atoms with Crippen molar-refractivity contribution in [3.05, 3.63) is 35.4 Å². The highest BCUT2D eigenvalue weighted by atomic mass is 19.4. The molecule has 0 aromatic heterocycles. The fourth-order valence-electron chi connectivity index (χ4n) is 2.83. The van der Waals surface area contributed by atoms with Gasteiger partial charge in [-0.3, -0.25) is 9.69 Å². The summed E-state index contributed by atoms with van der Waals surface area (Å²) in [5.74, 6) is 0.643. The minimum Gasteiger partial charge on any atom is -0.367 e. The summed E-state index contributed by atoms with van der Waals surface area (Å²) in [6.07, 6.45) is -3.17. The lowest BCUT2D eigenvalue weighted by molar-refractivity contribution is -0.176. The van der Waals surface area contributed by atoms with E-state index < -0.39 is 12.8 Å². The maximum Gasteiger partial charge on any atom is 0.411 e. The molecule has 4 nitrogen and oxygen atoms in total. The normalized spacial score (nSPS) is 16.3. The average molecular weight is 372 g/mol. The molecule has 26 heavy (non-hydrogen) atoms. The zero-order valence-electron chi connectivity index (χ0n) is 15.4. The van der Waals surface area contributed by atoms with Crippen LogP contribution in [0.15, 0.2) is 24.3 Å². The number of halogens is 3. The van der Waals surface area contributed by atoms with Gasteiger partial charge in [-0.05, 0) is 36.6 Å². The summed E-state index contributed by atoms with van der Waals surface area (Å²) in [6.45, 7) is 7.24. The number of alkyl halides is 3. The lowest BCUT2D eigenvalue weighted by Gasteiger charge is -2.35. The van der Waals surface area contributed by atoms with E-state index in [1.54, 1.807) is 24.3 Å². The molecule has 0 radical (unpaired) electrons. The maximum absolute atomic E-state index is 12.6. The molecule has 2 rings (SSSR count). The van der Waals surface area contributed by atoms with Crippen molar-refractivity contribution in [2.24, 2.45) is 5.92 Å². The van der Waals surface area contributed by atoms with E-state index in [2.05, 4.69) is 23.5 Å². The van der Waals surface area contributed by atoms with Crippen molar-refractivity contribution in [1.82, 2.24) is 9.80 Å². The molecular formula is C19H27F3N2O2. The van der Waals surface area contributed by atoms with Gasteiger partial charge < -0.3 is 9.64 Å². The third kappa shape index (κ3) is 6.96. The van der Waals surface area contributed by atoms with Crippen LogP contribution in [0.3, 0.4) is 0 Å². The standard InChI is InChI=1S/C19H27F3N2O2/c1-15(2)7-8-23-9-11-24(12-10-23)18(25)17-5-3-16(4-6-17)13-26-14-19(20,21)22/h3-6,15H,7-14H2,1-2H3. The Labute approximate surface area is 152 Å². The second-order valence-corrected chi connectivity index (χ2v) is 7.12. The predicted octanol–water partition coefficient (Wildman–Crippen LogP) is 3.57. The highest BCUT2D eigenvalue weighted by molar-refractivity contribution is 5.94. The van der Waals surface area contributed by atoms with Crippen molar-refractivity contribution < 1.29 is 22.7 Å². The van der Waals surface area contributed by atoms with E-state index in [1.807, 2.05) is 4.90 Å². The molecule has 1 heterocycles. The number of rotatable bonds is 7. The van der Waals surface area contributed by atoms with E-state index >= 15 is 0 Å². The van der Waals surface area contributed by atoms with Gasteiger partial charge in [0.15, 0.2) is 0 Å². The zero-order chi connectivity index (χ0) is 19.2. The maximum atomic E-state index is 12.6. The van der Waals surface area contributed by atoms with E-state index in [0.717, 1.165) is 26.1 Å². The van der Waals surface area contributed by atoms with Gasteiger partial charge >= 0.3 is 6.18 Å². The van der Waals surface area contributed by atoms with Crippen molar-refractivity contribution in [1.29, 1.82) is 0 Å². The van der Waals surface area contributed by atoms with Gasteiger partial charge in [0, 0.05) is 31.7 Å². The first-order valence-corrected chi connectivity index (χ1v) is 8.99. The van der Waals surface area contributed by atoms with E-state index in [0.29, 0.717) is 30.1 Å². The Morgan fingerprint density at radius 2 is 1.73 bits per heavy atom. The Balaban J connectivity index is 1.79. The molecule has 146 valence electrons. The molecule has 0 spiro atoms. The van der Waals surface area contributed by atoms with Gasteiger partial charge in [-0.15, -0.1) is 0 Å². The van der Waals surface area contributed by atoms with Crippen LogP contribution in [0.2, 0.25) is 0 Å². The van der Waals surface area contributed by atoms with Crippen molar-refractivity contribution in [2.75, 3.05) is 39.3 Å². The Hall–Kier alpha value is -1.60. The topological polar surface area (TPSA) is 32.8 Å². The average Bonchev–Trinajstić information content (AvgIpc) is 2.59. The Kier molecular flexibility index (Phi) is 7.46. The third-order valence-electron chi connectivity index (χ3n) is 4.42. The van der Waals surface area contributed by atoms with Gasteiger partial charge in [0.25, 0.3) is 5.91 Å². The minimum absolute atomic E-state index is 0.0312. The zero-order valence-corrected chi connectivity index (χ0v) is 15.4. The van der Waals surface area contributed by atoms with Crippen LogP contribution in [-0.4, -0.2) is 61.2 Å². The molecule has 1 aromatic carbocycles. The second-order valence-electron chi connectivity index (χ2n) is 7.12. The fourth-order valence-corrected chi connectivity index (χ4v) is 2.83. The minimum atomic E-state index is -4.33. The molecule has 1 amide bonds. The number of ether oxygens (including phenoxy) is 1. The fraction of sp³-hybridized carbons (Fsp3) is 0.632. The van der Waals surface area contributed by atoms with E-state index in [9.17, 15) is 18.0 Å². The van der Waals surface area contributed by atoms with Gasteiger partial charge in [0.05, 0.1) is 6.61 Å². The first-order chi connectivity index (χ1) is 12.2. The monoisotopic (exact) mass is 372 g/mol. The third-order valence-corrected chi connectivity index (χ3v) is 4.42. The largest absolute Gasteiger partial charge is 0.411 e. The highest BCUT2D eigenvalue weighted by Crippen LogP contribution is 2.16. The highest BCUT2D eigenvalue weighted by Gasteiger charge is 2.27. The summed E-state index contributed by atoms with van der Waals surface area (Å²) < 4.78 is 40.8. The number of hydrogen-bond donors (Lipinski definition) is 0. The van der Waals surface area contributed by atoms with Crippen LogP contribution in [0, 0.1) is 5.92 Å². The molecule has 1 aliphatic heterocycles. The van der Waals surface area contributed by atoms with E-state index in [1.165, 1.54) is 0 Å². The van der Waals surface area contributed by atoms with Crippen molar-refractivity contribution in [2.45, 2.75) is 33.1 Å². The number of piperazine rings is 1. The van der Waals surface area contributed by atoms with Gasteiger partial charge in [0.2, 0.25) is 0 Å². The summed E-state index contributed by atoms with van der Waals surface area (Å²) >= 11 is 0. The number of benzene rings is 1. The summed E-state index contributed by atoms with van der Waals surface area (Å²) in [6, 6.07) is 6.59. The molecule has 1 saturated heterocycles. The second kappa shape index (κ2) is 9.37. The summed E-state index contributed by atoms with van der Waals surface area (Å²) in [5, 5.41) is 0. The van der Waals surface area contributed by atoms with E-state index in [4.69, 9.17) is 0 Å². The van der Waals surface area contributed by atoms with Gasteiger partial charge in [-0.25, -0.2) is 0 Å². The predicted molar refractivity (Wildman–Crippen MR) is 94.0 cm³/mol. The van der Waals surface area contributed by atoms with Gasteiger partial charge in [-0.1, -0.05) is 26.0 Å². The first-order valence-electron chi connectivity index (χ1n) is 8.99. The molecule has 7 heteroatoms. The number of nitrogens with zero attached hydrogens (tertiary/aromatic N) is 2. The summed E-state index contributed by atoms with van der Waals surface area (Å²) in [7, 11) is 0. The number of carbonyl (C=O) groups excluding carboxylic acids is 1. The van der Waals surface area contributed by atoms with Crippen LogP contribution in [0.25, 0.3) is 0 Å². The molecule has 1 aliphatic rings. The van der Waals surface area contributed by atoms with Gasteiger partial charge in [0.1, 0.15) is 6.61 Å². The number of amides is 1. The van der Waals surface area contributed by atoms with Crippen LogP contribution in [0.5, 0.6) is 0 Å². The molecule has 0 atom stereocenters. The molecular weight excluding hydrogens is 345 g/mol. The van der Waals surface area contributed by atoms with Crippen molar-refractivity contribution >= 4 is 5.91 Å². The molecule has 0 unspecified atom stereocenters. The molecule has 0 saturated carbocycles. The summed E-state index contributed by atoms with van der Waals surface area (Å²) in [5.41, 5.74) is 1.17. The summed E-state index contributed by atoms with van der Waals surface area (Å²) in [4.78, 5) is 16.8. The smallest absolute Gasteiger partial charge is 0.367 e. The Morgan fingerprint density at radius 1 is 1.12 bits per heavy atom. The van der Waals surface area contributed by atoms with Crippen molar-refractivity contribution in [3.63, 3.8) is 0 Å². The van der Waals surface area contributed by atoms with E-state index in [-0.39, 0.29) is 12.5 Å². The first kappa shape index (κ1) is 20.7. The number of hydrogen-bond acceptors (Lipinski definition) is 3. The van der Waals surface area contributed by atoms with Crippen LogP contribution < -0.4 is 0 Å². The van der Waals surface area contributed by atoms with Crippen LogP contribution in [0.1, 0.15) is 36.2 Å². The molecule has 0 aliphatic carbocycles. The SMILES string of the molecule is CC(C)CCN1CCN(C(=O)c2ccc(COCC(F)(F)F)cc2)CC1. The van der Waals surface area contributed by atoms with Crippen LogP contribution in [-0.2, 0) is 11.3 Å². The molecule has 0 bridgehead atoms. The molecule has 1 fully saturated rings. The Morgan fingerprint density at radius 3 is 2.27 bits per heavy atom. The quantitative estimate of drug-likeness (QED) is 0.734. The van der Waals surface area contributed by atoms with Crippen LogP contribution >= 0.6 is 0 Å².